The molecule has 18 heavy (non-hydrogen) atoms. The minimum absolute atomic E-state index is 0.0175. The number of nitrogens with one attached hydrogen (secondary N) is 1. The van der Waals surface area contributed by atoms with Crippen LogP contribution in [0.15, 0.2) is 0 Å². The van der Waals surface area contributed by atoms with Crippen molar-refractivity contribution in [3.63, 3.8) is 0 Å². The Balaban J connectivity index is 1.58. The lowest BCUT2D eigenvalue weighted by Gasteiger charge is -2.33. The average Bonchev–Trinajstić information content (AvgIpc) is 3.00. The predicted octanol–water partition coefficient (Wildman–Crippen LogP) is 1.44. The van der Waals surface area contributed by atoms with Gasteiger partial charge in [-0.3, -0.25) is 0 Å². The largest absolute Gasteiger partial charge is 0.395 e. The number of fused-ring (bicyclic) bond motifs is 5. The summed E-state index contributed by atoms with van der Waals surface area (Å²) in [7, 11) is 1.75. The Labute approximate surface area is 109 Å². The molecule has 0 heterocycles. The molecule has 2 bridgehead atoms. The molecule has 2 N–H and O–H groups in total. The summed E-state index contributed by atoms with van der Waals surface area (Å²) in [5.74, 6) is 3.46. The first kappa shape index (κ1) is 12.3. The highest BCUT2D eigenvalue weighted by atomic mass is 16.3. The van der Waals surface area contributed by atoms with Crippen LogP contribution in [-0.2, 0) is 0 Å². The summed E-state index contributed by atoms with van der Waals surface area (Å²) >= 11 is 0. The molecule has 3 saturated carbocycles. The molecule has 4 nitrogen and oxygen atoms in total. The normalized spacial score (nSPS) is 40.9. The van der Waals surface area contributed by atoms with E-state index in [4.69, 9.17) is 5.11 Å². The lowest BCUT2D eigenvalue weighted by Crippen LogP contribution is -2.48. The Morgan fingerprint density at radius 3 is 2.83 bits per heavy atom. The van der Waals surface area contributed by atoms with Crippen LogP contribution >= 0.6 is 0 Å². The van der Waals surface area contributed by atoms with Gasteiger partial charge in [0.15, 0.2) is 0 Å². The van der Waals surface area contributed by atoms with Crippen molar-refractivity contribution in [2.24, 2.45) is 23.7 Å². The zero-order valence-corrected chi connectivity index (χ0v) is 11.1. The summed E-state index contributed by atoms with van der Waals surface area (Å²) < 4.78 is 0. The van der Waals surface area contributed by atoms with Crippen molar-refractivity contribution < 1.29 is 9.90 Å². The third-order valence-electron chi connectivity index (χ3n) is 5.52. The number of urea groups is 1. The summed E-state index contributed by atoms with van der Waals surface area (Å²) in [6.45, 7) is 0.448. The van der Waals surface area contributed by atoms with Gasteiger partial charge in [-0.15, -0.1) is 0 Å². The monoisotopic (exact) mass is 252 g/mol. The summed E-state index contributed by atoms with van der Waals surface area (Å²) in [5.41, 5.74) is 0. The number of amides is 2. The third-order valence-corrected chi connectivity index (χ3v) is 5.52. The third kappa shape index (κ3) is 1.91. The topological polar surface area (TPSA) is 52.6 Å². The number of rotatable bonds is 3. The van der Waals surface area contributed by atoms with Gasteiger partial charge in [0.1, 0.15) is 0 Å². The van der Waals surface area contributed by atoms with E-state index < -0.39 is 0 Å². The van der Waals surface area contributed by atoms with Gasteiger partial charge in [-0.05, 0) is 49.4 Å². The second kappa shape index (κ2) is 4.72. The standard InChI is InChI=1S/C14H24N2O2/c1-16(5-6-17)14(18)15-13-8-9-7-12(13)11-4-2-3-10(9)11/h9-13,17H,2-8H2,1H3,(H,15,18). The molecule has 3 fully saturated rings. The van der Waals surface area contributed by atoms with Crippen LogP contribution in [0.5, 0.6) is 0 Å². The van der Waals surface area contributed by atoms with E-state index in [0.717, 1.165) is 23.7 Å². The fraction of sp³-hybridized carbons (Fsp3) is 0.929. The van der Waals surface area contributed by atoms with Gasteiger partial charge in [0.05, 0.1) is 6.61 Å². The molecule has 3 aliphatic carbocycles. The maximum atomic E-state index is 12.0. The molecule has 0 aromatic heterocycles. The van der Waals surface area contributed by atoms with Gasteiger partial charge >= 0.3 is 6.03 Å². The summed E-state index contributed by atoms with van der Waals surface area (Å²) in [6.07, 6.45) is 6.73. The number of nitrogens with zero attached hydrogens (tertiary/aromatic N) is 1. The highest BCUT2D eigenvalue weighted by molar-refractivity contribution is 5.74. The van der Waals surface area contributed by atoms with E-state index in [1.807, 2.05) is 0 Å². The first-order valence-electron chi connectivity index (χ1n) is 7.33. The molecule has 2 amide bonds. The van der Waals surface area contributed by atoms with Crippen molar-refractivity contribution in [1.29, 1.82) is 0 Å². The van der Waals surface area contributed by atoms with Gasteiger partial charge in [-0.2, -0.15) is 0 Å². The van der Waals surface area contributed by atoms with E-state index in [-0.39, 0.29) is 12.6 Å². The van der Waals surface area contributed by atoms with Crippen LogP contribution in [0.2, 0.25) is 0 Å². The Morgan fingerprint density at radius 2 is 2.06 bits per heavy atom. The predicted molar refractivity (Wildman–Crippen MR) is 69.1 cm³/mol. The molecule has 4 heteroatoms. The summed E-state index contributed by atoms with van der Waals surface area (Å²) in [5, 5.41) is 12.0. The van der Waals surface area contributed by atoms with Gasteiger partial charge < -0.3 is 15.3 Å². The fourth-order valence-electron chi connectivity index (χ4n) is 4.75. The van der Waals surface area contributed by atoms with Crippen molar-refractivity contribution in [2.75, 3.05) is 20.2 Å². The zero-order valence-electron chi connectivity index (χ0n) is 11.1. The van der Waals surface area contributed by atoms with Crippen molar-refractivity contribution in [3.05, 3.63) is 0 Å². The smallest absolute Gasteiger partial charge is 0.317 e. The number of likely N-dealkylation sites (N-methyl/N-ethyl adjacent to an activating group) is 1. The van der Waals surface area contributed by atoms with Gasteiger partial charge in [0, 0.05) is 19.6 Å². The minimum atomic E-state index is -0.0175. The number of hydrogen-bond donors (Lipinski definition) is 2. The minimum Gasteiger partial charge on any atom is -0.395 e. The van der Waals surface area contributed by atoms with Crippen molar-refractivity contribution >= 4 is 6.03 Å². The molecule has 0 aromatic carbocycles. The quantitative estimate of drug-likeness (QED) is 0.798. The molecule has 3 rings (SSSR count). The van der Waals surface area contributed by atoms with Gasteiger partial charge in [0.25, 0.3) is 0 Å². The van der Waals surface area contributed by atoms with Crippen LogP contribution in [-0.4, -0.2) is 42.3 Å². The van der Waals surface area contributed by atoms with E-state index in [9.17, 15) is 4.79 Å². The van der Waals surface area contributed by atoms with Crippen LogP contribution in [0, 0.1) is 23.7 Å². The molecule has 0 saturated heterocycles. The molecule has 0 radical (unpaired) electrons. The SMILES string of the molecule is CN(CCO)C(=O)NC1CC2CC1C1CCCC21. The van der Waals surface area contributed by atoms with E-state index in [2.05, 4.69) is 5.32 Å². The van der Waals surface area contributed by atoms with Crippen molar-refractivity contribution in [3.8, 4) is 0 Å². The lowest BCUT2D eigenvalue weighted by molar-refractivity contribution is 0.169. The maximum absolute atomic E-state index is 12.0. The maximum Gasteiger partial charge on any atom is 0.317 e. The van der Waals surface area contributed by atoms with Crippen LogP contribution in [0.1, 0.15) is 32.1 Å². The van der Waals surface area contributed by atoms with Crippen LogP contribution in [0.4, 0.5) is 4.79 Å². The number of aliphatic hydroxyl groups excluding tert-OH is 1. The highest BCUT2D eigenvalue weighted by Gasteiger charge is 2.54. The molecule has 0 spiro atoms. The molecule has 3 aliphatic rings. The Bertz CT molecular complexity index is 334. The molecular formula is C14H24N2O2. The first-order valence-corrected chi connectivity index (χ1v) is 7.33. The molecule has 0 aliphatic heterocycles. The first-order chi connectivity index (χ1) is 8.70. The van der Waals surface area contributed by atoms with Gasteiger partial charge in [-0.25, -0.2) is 4.79 Å². The number of hydrogen-bond acceptors (Lipinski definition) is 2. The Morgan fingerprint density at radius 1 is 1.28 bits per heavy atom. The lowest BCUT2D eigenvalue weighted by atomic mass is 9.79. The van der Waals surface area contributed by atoms with Gasteiger partial charge in [0.2, 0.25) is 0 Å². The number of carbonyl (C=O) groups is 1. The van der Waals surface area contributed by atoms with E-state index in [1.165, 1.54) is 32.1 Å². The Hall–Kier alpha value is -0.770. The van der Waals surface area contributed by atoms with Crippen molar-refractivity contribution in [2.45, 2.75) is 38.1 Å². The highest BCUT2D eigenvalue weighted by Crippen LogP contribution is 2.58. The molecule has 5 atom stereocenters. The van der Waals surface area contributed by atoms with Crippen LogP contribution in [0.3, 0.4) is 0 Å². The second-order valence-electron chi connectivity index (χ2n) is 6.36. The average molecular weight is 252 g/mol. The molecule has 0 aromatic rings. The van der Waals surface area contributed by atoms with Crippen molar-refractivity contribution in [1.82, 2.24) is 10.2 Å². The van der Waals surface area contributed by atoms with Crippen LogP contribution < -0.4 is 5.32 Å². The van der Waals surface area contributed by atoms with E-state index >= 15 is 0 Å². The number of aliphatic hydroxyl groups is 1. The van der Waals surface area contributed by atoms with E-state index in [1.54, 1.807) is 11.9 Å². The summed E-state index contributed by atoms with van der Waals surface area (Å²) in [4.78, 5) is 13.5. The molecular weight excluding hydrogens is 228 g/mol. The molecule has 5 unspecified atom stereocenters. The van der Waals surface area contributed by atoms with Crippen LogP contribution in [0.25, 0.3) is 0 Å². The van der Waals surface area contributed by atoms with Gasteiger partial charge in [-0.1, -0.05) is 6.42 Å². The fourth-order valence-corrected chi connectivity index (χ4v) is 4.75. The molecule has 102 valence electrons. The summed E-state index contributed by atoms with van der Waals surface area (Å²) in [6, 6.07) is 0.374. The van der Waals surface area contributed by atoms with E-state index in [0.29, 0.717) is 12.6 Å². The number of carbonyl (C=O) groups excluding carboxylic acids is 1. The Kier molecular flexibility index (Phi) is 3.22. The second-order valence-corrected chi connectivity index (χ2v) is 6.36. The zero-order chi connectivity index (χ0) is 12.7.